The standard InChI is InChI=1S/C14H20O/c1-4-11-8-12(9-11)14-10(3)13(14)6-7-15-5-2/h13-14H,3-8H2,1-2H3. The first-order chi connectivity index (χ1) is 7.27. The maximum Gasteiger partial charge on any atom is 0.0471 e. The van der Waals surface area contributed by atoms with Crippen molar-refractivity contribution in [2.75, 3.05) is 13.2 Å². The van der Waals surface area contributed by atoms with Crippen molar-refractivity contribution in [3.63, 3.8) is 0 Å². The molecule has 0 heterocycles. The van der Waals surface area contributed by atoms with E-state index in [9.17, 15) is 0 Å². The van der Waals surface area contributed by atoms with Gasteiger partial charge in [0.25, 0.3) is 0 Å². The highest BCUT2D eigenvalue weighted by molar-refractivity contribution is 5.43. The first-order valence-electron chi connectivity index (χ1n) is 6.01. The third kappa shape index (κ3) is 2.09. The van der Waals surface area contributed by atoms with E-state index in [-0.39, 0.29) is 0 Å². The summed E-state index contributed by atoms with van der Waals surface area (Å²) in [6.07, 6.45) is 3.49. The maximum absolute atomic E-state index is 5.38. The van der Waals surface area contributed by atoms with Gasteiger partial charge in [0.2, 0.25) is 0 Å². The van der Waals surface area contributed by atoms with Gasteiger partial charge in [0.15, 0.2) is 0 Å². The first kappa shape index (κ1) is 10.7. The molecule has 1 heteroatoms. The topological polar surface area (TPSA) is 9.23 Å². The normalized spacial score (nSPS) is 28.3. The lowest BCUT2D eigenvalue weighted by Crippen LogP contribution is -2.01. The minimum atomic E-state index is 0.653. The van der Waals surface area contributed by atoms with E-state index in [4.69, 9.17) is 4.74 Å². The summed E-state index contributed by atoms with van der Waals surface area (Å²) in [4.78, 5) is 0. The highest BCUT2D eigenvalue weighted by Crippen LogP contribution is 2.54. The van der Waals surface area contributed by atoms with Crippen LogP contribution in [0.5, 0.6) is 0 Å². The second-order valence-corrected chi connectivity index (χ2v) is 4.43. The molecule has 0 radical (unpaired) electrons. The van der Waals surface area contributed by atoms with Crippen molar-refractivity contribution >= 4 is 0 Å². The molecule has 0 bridgehead atoms. The number of ether oxygens (including phenoxy) is 1. The fraction of sp³-hybridized carbons (Fsp3) is 0.643. The van der Waals surface area contributed by atoms with E-state index in [2.05, 4.69) is 19.2 Å². The van der Waals surface area contributed by atoms with E-state index in [0.29, 0.717) is 11.8 Å². The Hall–Kier alpha value is -0.780. The molecule has 0 spiro atoms. The molecule has 0 aliphatic heterocycles. The lowest BCUT2D eigenvalue weighted by Gasteiger charge is -2.13. The van der Waals surface area contributed by atoms with Crippen molar-refractivity contribution < 1.29 is 4.74 Å². The minimum Gasteiger partial charge on any atom is -0.382 e. The zero-order chi connectivity index (χ0) is 10.8. The van der Waals surface area contributed by atoms with Crippen LogP contribution in [0.15, 0.2) is 29.0 Å². The van der Waals surface area contributed by atoms with Crippen LogP contribution in [0.4, 0.5) is 0 Å². The highest BCUT2D eigenvalue weighted by atomic mass is 16.5. The van der Waals surface area contributed by atoms with E-state index in [1.165, 1.54) is 23.1 Å². The summed E-state index contributed by atoms with van der Waals surface area (Å²) < 4.78 is 5.38. The Morgan fingerprint density at radius 1 is 1.47 bits per heavy atom. The molecule has 0 amide bonds. The van der Waals surface area contributed by atoms with Gasteiger partial charge in [0, 0.05) is 25.6 Å². The Kier molecular flexibility index (Phi) is 3.14. The molecule has 2 unspecified atom stereocenters. The molecule has 0 aromatic carbocycles. The molecule has 1 fully saturated rings. The molecular formula is C14H20O. The van der Waals surface area contributed by atoms with Gasteiger partial charge in [0.1, 0.15) is 0 Å². The average Bonchev–Trinajstić information content (AvgIpc) is 2.77. The predicted octanol–water partition coefficient (Wildman–Crippen LogP) is 3.48. The molecule has 2 aliphatic carbocycles. The Morgan fingerprint density at radius 2 is 2.20 bits per heavy atom. The fourth-order valence-electron chi connectivity index (χ4n) is 2.39. The van der Waals surface area contributed by atoms with Crippen LogP contribution in [0.2, 0.25) is 0 Å². The summed E-state index contributed by atoms with van der Waals surface area (Å²) in [6.45, 7) is 10.1. The van der Waals surface area contributed by atoms with Gasteiger partial charge in [-0.15, -0.1) is 5.73 Å². The molecule has 0 aromatic rings. The van der Waals surface area contributed by atoms with Crippen LogP contribution in [0.1, 0.15) is 33.1 Å². The van der Waals surface area contributed by atoms with Gasteiger partial charge in [-0.1, -0.05) is 19.1 Å². The molecular weight excluding hydrogens is 184 g/mol. The Balaban J connectivity index is 1.83. The summed E-state index contributed by atoms with van der Waals surface area (Å²) in [7, 11) is 0. The van der Waals surface area contributed by atoms with E-state index in [1.54, 1.807) is 0 Å². The van der Waals surface area contributed by atoms with Crippen molar-refractivity contribution in [3.05, 3.63) is 29.0 Å². The summed E-state index contributed by atoms with van der Waals surface area (Å²) in [5, 5.41) is 0. The van der Waals surface area contributed by atoms with Gasteiger partial charge in [-0.3, -0.25) is 0 Å². The van der Waals surface area contributed by atoms with Crippen molar-refractivity contribution in [2.45, 2.75) is 33.1 Å². The Morgan fingerprint density at radius 3 is 2.80 bits per heavy atom. The van der Waals surface area contributed by atoms with Crippen molar-refractivity contribution in [2.24, 2.45) is 11.8 Å². The third-order valence-corrected chi connectivity index (χ3v) is 3.49. The average molecular weight is 204 g/mol. The zero-order valence-electron chi connectivity index (χ0n) is 9.81. The van der Waals surface area contributed by atoms with Crippen LogP contribution in [-0.4, -0.2) is 13.2 Å². The molecule has 0 aromatic heterocycles. The second kappa shape index (κ2) is 4.38. The molecule has 0 N–H and O–H groups in total. The van der Waals surface area contributed by atoms with Crippen LogP contribution < -0.4 is 0 Å². The van der Waals surface area contributed by atoms with Gasteiger partial charge in [0.05, 0.1) is 0 Å². The van der Waals surface area contributed by atoms with E-state index in [1.807, 2.05) is 6.92 Å². The number of allylic oxidation sites excluding steroid dienone is 2. The Bertz CT molecular complexity index is 331. The first-order valence-corrected chi connectivity index (χ1v) is 6.01. The maximum atomic E-state index is 5.38. The molecule has 1 saturated carbocycles. The Labute approximate surface area is 92.5 Å². The quantitative estimate of drug-likeness (QED) is 0.365. The van der Waals surface area contributed by atoms with E-state index < -0.39 is 0 Å². The number of hydrogen-bond acceptors (Lipinski definition) is 1. The molecule has 0 saturated heterocycles. The number of hydrogen-bond donors (Lipinski definition) is 0. The molecule has 2 aliphatic rings. The molecule has 1 nitrogen and oxygen atoms in total. The van der Waals surface area contributed by atoms with Crippen molar-refractivity contribution in [1.82, 2.24) is 0 Å². The SMILES string of the molecule is C=C1C(CCOCC)C1C1=C=C(CC)C1. The molecule has 15 heavy (non-hydrogen) atoms. The largest absolute Gasteiger partial charge is 0.382 e. The van der Waals surface area contributed by atoms with Crippen LogP contribution in [-0.2, 0) is 4.74 Å². The monoisotopic (exact) mass is 204 g/mol. The van der Waals surface area contributed by atoms with E-state index in [0.717, 1.165) is 26.1 Å². The third-order valence-electron chi connectivity index (χ3n) is 3.49. The number of rotatable bonds is 6. The van der Waals surface area contributed by atoms with Crippen molar-refractivity contribution in [1.29, 1.82) is 0 Å². The summed E-state index contributed by atoms with van der Waals surface area (Å²) >= 11 is 0. The lowest BCUT2D eigenvalue weighted by atomic mass is 9.91. The summed E-state index contributed by atoms with van der Waals surface area (Å²) in [5.74, 6) is 1.35. The summed E-state index contributed by atoms with van der Waals surface area (Å²) in [5.41, 5.74) is 7.86. The van der Waals surface area contributed by atoms with Crippen LogP contribution in [0, 0.1) is 11.8 Å². The van der Waals surface area contributed by atoms with Gasteiger partial charge >= 0.3 is 0 Å². The second-order valence-electron chi connectivity index (χ2n) is 4.43. The highest BCUT2D eigenvalue weighted by Gasteiger charge is 2.45. The van der Waals surface area contributed by atoms with Gasteiger partial charge in [-0.25, -0.2) is 0 Å². The smallest absolute Gasteiger partial charge is 0.0471 e. The van der Waals surface area contributed by atoms with Crippen LogP contribution in [0.3, 0.4) is 0 Å². The van der Waals surface area contributed by atoms with Crippen molar-refractivity contribution in [3.8, 4) is 0 Å². The molecule has 82 valence electrons. The van der Waals surface area contributed by atoms with Gasteiger partial charge in [-0.05, 0) is 36.8 Å². The predicted molar refractivity (Wildman–Crippen MR) is 62.7 cm³/mol. The fourth-order valence-corrected chi connectivity index (χ4v) is 2.39. The molecule has 2 atom stereocenters. The van der Waals surface area contributed by atoms with Gasteiger partial charge < -0.3 is 4.74 Å². The van der Waals surface area contributed by atoms with Crippen LogP contribution >= 0.6 is 0 Å². The van der Waals surface area contributed by atoms with Crippen LogP contribution in [0.25, 0.3) is 0 Å². The van der Waals surface area contributed by atoms with Gasteiger partial charge in [-0.2, -0.15) is 0 Å². The molecule has 2 rings (SSSR count). The summed E-state index contributed by atoms with van der Waals surface area (Å²) in [6, 6.07) is 0. The minimum absolute atomic E-state index is 0.653. The van der Waals surface area contributed by atoms with E-state index >= 15 is 0 Å². The zero-order valence-corrected chi connectivity index (χ0v) is 9.81. The lowest BCUT2D eigenvalue weighted by molar-refractivity contribution is 0.141.